The number of primary amides is 1. The molecule has 3 aliphatic heterocycles. The molecule has 0 unspecified atom stereocenters. The fourth-order valence-electron chi connectivity index (χ4n) is 6.04. The molecule has 2 N–H and O–H groups in total. The topological polar surface area (TPSA) is 109 Å². The van der Waals surface area contributed by atoms with Gasteiger partial charge >= 0.3 is 0 Å². The minimum Gasteiger partial charge on any atom is -0.367 e. The number of anilines is 1. The SMILES string of the molecule is C[C@@H]1CN(C(=O)[C@@H](CC(C)(C)C)c2cc(-c3csc(N4CCN(C)CC4)n3)ccc2C(N)=O)[C@@H]2C(=O)CO[C@H]12. The molecule has 3 saturated heterocycles. The van der Waals surface area contributed by atoms with Gasteiger partial charge in [0, 0.05) is 55.1 Å². The number of ether oxygens (including phenoxy) is 1. The van der Waals surface area contributed by atoms with Crippen molar-refractivity contribution >= 4 is 34.1 Å². The number of likely N-dealkylation sites (N-methyl/N-ethyl adjacent to an activating group) is 1. The smallest absolute Gasteiger partial charge is 0.249 e. The largest absolute Gasteiger partial charge is 0.367 e. The first-order valence-electron chi connectivity index (χ1n) is 13.7. The highest BCUT2D eigenvalue weighted by molar-refractivity contribution is 7.14. The van der Waals surface area contributed by atoms with E-state index < -0.39 is 17.9 Å². The normalized spacial score (nSPS) is 24.7. The zero-order valence-corrected chi connectivity index (χ0v) is 24.3. The molecule has 5 rings (SSSR count). The molecule has 39 heavy (non-hydrogen) atoms. The van der Waals surface area contributed by atoms with E-state index in [-0.39, 0.29) is 35.7 Å². The van der Waals surface area contributed by atoms with Crippen molar-refractivity contribution in [2.75, 3.05) is 51.3 Å². The summed E-state index contributed by atoms with van der Waals surface area (Å²) in [4.78, 5) is 50.8. The number of rotatable bonds is 6. The molecule has 9 nitrogen and oxygen atoms in total. The molecule has 4 atom stereocenters. The molecule has 2 aromatic rings. The number of aromatic nitrogens is 1. The molecule has 0 saturated carbocycles. The number of ketones is 1. The Morgan fingerprint density at radius 2 is 1.92 bits per heavy atom. The van der Waals surface area contributed by atoms with Crippen LogP contribution in [0.15, 0.2) is 23.6 Å². The highest BCUT2D eigenvalue weighted by Crippen LogP contribution is 2.40. The number of Topliss-reactive ketones (excluding diaryl/α,β-unsaturated/α-hetero) is 1. The maximum Gasteiger partial charge on any atom is 0.249 e. The summed E-state index contributed by atoms with van der Waals surface area (Å²) in [6.45, 7) is 12.6. The van der Waals surface area contributed by atoms with Gasteiger partial charge in [0.05, 0.1) is 17.7 Å². The molecule has 4 heterocycles. The van der Waals surface area contributed by atoms with Crippen molar-refractivity contribution in [2.24, 2.45) is 17.1 Å². The van der Waals surface area contributed by atoms with Gasteiger partial charge in [-0.25, -0.2) is 4.98 Å². The van der Waals surface area contributed by atoms with Crippen LogP contribution in [0.4, 0.5) is 5.13 Å². The molecule has 0 spiro atoms. The second kappa shape index (κ2) is 10.6. The van der Waals surface area contributed by atoms with Crippen LogP contribution in [-0.4, -0.2) is 90.9 Å². The number of thiazole rings is 1. The first kappa shape index (κ1) is 27.7. The number of hydrogen-bond acceptors (Lipinski definition) is 8. The Balaban J connectivity index is 1.52. The Kier molecular flexibility index (Phi) is 7.56. The van der Waals surface area contributed by atoms with E-state index in [1.807, 2.05) is 24.4 Å². The fraction of sp³-hybridized carbons (Fsp3) is 0.586. The Hall–Kier alpha value is -2.82. The zero-order chi connectivity index (χ0) is 28.1. The molecular weight excluding hydrogens is 514 g/mol. The van der Waals surface area contributed by atoms with Crippen LogP contribution < -0.4 is 10.6 Å². The molecule has 2 amide bonds. The average Bonchev–Trinajstić information content (AvgIpc) is 3.60. The summed E-state index contributed by atoms with van der Waals surface area (Å²) in [7, 11) is 2.13. The summed E-state index contributed by atoms with van der Waals surface area (Å²) in [5.74, 6) is -1.37. The Labute approximate surface area is 234 Å². The van der Waals surface area contributed by atoms with Gasteiger partial charge in [0.25, 0.3) is 0 Å². The average molecular weight is 554 g/mol. The van der Waals surface area contributed by atoms with Crippen molar-refractivity contribution in [3.8, 4) is 11.3 Å². The lowest BCUT2D eigenvalue weighted by atomic mass is 9.78. The second-order valence-corrected chi connectivity index (χ2v) is 13.3. The zero-order valence-electron chi connectivity index (χ0n) is 23.5. The van der Waals surface area contributed by atoms with Crippen molar-refractivity contribution in [1.29, 1.82) is 0 Å². The van der Waals surface area contributed by atoms with Crippen LogP contribution in [0.1, 0.15) is 56.0 Å². The van der Waals surface area contributed by atoms with Crippen LogP contribution in [0.5, 0.6) is 0 Å². The van der Waals surface area contributed by atoms with Gasteiger partial charge < -0.3 is 25.2 Å². The van der Waals surface area contributed by atoms with Gasteiger partial charge in [-0.1, -0.05) is 33.8 Å². The predicted molar refractivity (Wildman–Crippen MR) is 152 cm³/mol. The van der Waals surface area contributed by atoms with E-state index in [4.69, 9.17) is 15.5 Å². The maximum absolute atomic E-state index is 14.3. The van der Waals surface area contributed by atoms with Gasteiger partial charge in [-0.05, 0) is 36.6 Å². The van der Waals surface area contributed by atoms with E-state index in [0.29, 0.717) is 24.1 Å². The van der Waals surface area contributed by atoms with Gasteiger partial charge in [0.1, 0.15) is 12.6 Å². The lowest BCUT2D eigenvalue weighted by molar-refractivity contribution is -0.138. The fourth-order valence-corrected chi connectivity index (χ4v) is 6.93. The molecule has 3 fully saturated rings. The first-order chi connectivity index (χ1) is 18.4. The first-order valence-corrected chi connectivity index (χ1v) is 14.6. The number of benzene rings is 1. The van der Waals surface area contributed by atoms with Gasteiger partial charge in [-0.3, -0.25) is 14.4 Å². The number of piperazine rings is 1. The van der Waals surface area contributed by atoms with Crippen molar-refractivity contribution in [3.05, 3.63) is 34.7 Å². The molecule has 3 aliphatic rings. The lowest BCUT2D eigenvalue weighted by Crippen LogP contribution is -2.45. The van der Waals surface area contributed by atoms with Crippen LogP contribution >= 0.6 is 11.3 Å². The van der Waals surface area contributed by atoms with Crippen LogP contribution in [-0.2, 0) is 14.3 Å². The van der Waals surface area contributed by atoms with Crippen molar-refractivity contribution in [2.45, 2.75) is 52.2 Å². The molecule has 0 aliphatic carbocycles. The van der Waals surface area contributed by atoms with Crippen molar-refractivity contribution < 1.29 is 19.1 Å². The third-order valence-corrected chi connectivity index (χ3v) is 8.99. The van der Waals surface area contributed by atoms with Gasteiger partial charge in [0.15, 0.2) is 10.9 Å². The standard InChI is InChI=1S/C29H39N5O4S/c1-17-14-34(24-23(35)15-38-25(17)24)27(37)21(13-29(2,3)4)20-12-18(6-7-19(20)26(30)36)22-16-39-28(31-22)33-10-8-32(5)9-11-33/h6-7,12,16-17,21,24-25H,8-11,13-15H2,1-5H3,(H2,30,36)/t17-,21+,24-,25-/m1/s1. The Morgan fingerprint density at radius 3 is 2.59 bits per heavy atom. The van der Waals surface area contributed by atoms with Gasteiger partial charge in [-0.2, -0.15) is 0 Å². The number of fused-ring (bicyclic) bond motifs is 1. The third kappa shape index (κ3) is 5.60. The minimum atomic E-state index is -0.637. The summed E-state index contributed by atoms with van der Waals surface area (Å²) < 4.78 is 5.73. The number of hydrogen-bond donors (Lipinski definition) is 1. The van der Waals surface area contributed by atoms with E-state index >= 15 is 0 Å². The number of amides is 2. The van der Waals surface area contributed by atoms with E-state index in [1.54, 1.807) is 22.3 Å². The van der Waals surface area contributed by atoms with E-state index in [0.717, 1.165) is 42.6 Å². The molecule has 1 aromatic heterocycles. The molecular formula is C29H39N5O4S. The molecule has 10 heteroatoms. The predicted octanol–water partition coefficient (Wildman–Crippen LogP) is 3.00. The molecule has 0 bridgehead atoms. The van der Waals surface area contributed by atoms with E-state index in [1.165, 1.54) is 0 Å². The summed E-state index contributed by atoms with van der Waals surface area (Å²) in [5.41, 5.74) is 8.19. The highest BCUT2D eigenvalue weighted by atomic mass is 32.1. The Morgan fingerprint density at radius 1 is 1.21 bits per heavy atom. The number of nitrogens with two attached hydrogens (primary N) is 1. The minimum absolute atomic E-state index is 0.0366. The summed E-state index contributed by atoms with van der Waals surface area (Å²) in [6, 6.07) is 4.90. The monoisotopic (exact) mass is 553 g/mol. The molecule has 1 aromatic carbocycles. The van der Waals surface area contributed by atoms with E-state index in [9.17, 15) is 14.4 Å². The number of carbonyl (C=O) groups is 3. The van der Waals surface area contributed by atoms with Gasteiger partial charge in [0.2, 0.25) is 11.8 Å². The van der Waals surface area contributed by atoms with Gasteiger partial charge in [-0.15, -0.1) is 11.3 Å². The molecule has 0 radical (unpaired) electrons. The lowest BCUT2D eigenvalue weighted by Gasteiger charge is -2.32. The summed E-state index contributed by atoms with van der Waals surface area (Å²) >= 11 is 1.60. The maximum atomic E-state index is 14.3. The van der Waals surface area contributed by atoms with E-state index in [2.05, 4.69) is 37.6 Å². The van der Waals surface area contributed by atoms with Crippen LogP contribution in [0.2, 0.25) is 0 Å². The quantitative estimate of drug-likeness (QED) is 0.586. The number of carbonyl (C=O) groups excluding carboxylic acids is 3. The number of likely N-dealkylation sites (tertiary alicyclic amines) is 1. The van der Waals surface area contributed by atoms with Crippen LogP contribution in [0, 0.1) is 11.3 Å². The van der Waals surface area contributed by atoms with Crippen LogP contribution in [0.3, 0.4) is 0 Å². The number of nitrogens with zero attached hydrogens (tertiary/aromatic N) is 4. The Bertz CT molecular complexity index is 1260. The van der Waals surface area contributed by atoms with Crippen LogP contribution in [0.25, 0.3) is 11.3 Å². The summed E-state index contributed by atoms with van der Waals surface area (Å²) in [6.07, 6.45) is 0.220. The highest BCUT2D eigenvalue weighted by Gasteiger charge is 2.52. The third-order valence-electron chi connectivity index (χ3n) is 8.09. The second-order valence-electron chi connectivity index (χ2n) is 12.4. The van der Waals surface area contributed by atoms with Crippen molar-refractivity contribution in [1.82, 2.24) is 14.8 Å². The van der Waals surface area contributed by atoms with Crippen molar-refractivity contribution in [3.63, 3.8) is 0 Å². The molecule has 210 valence electrons. The summed E-state index contributed by atoms with van der Waals surface area (Å²) in [5, 5.41) is 3.00.